The average molecular weight is 576 g/mol. The topological polar surface area (TPSA) is 65.5 Å². The monoisotopic (exact) mass is 574 g/mol. The third kappa shape index (κ3) is 7.14. The molecule has 6 nitrogen and oxygen atoms in total. The fourth-order valence-electron chi connectivity index (χ4n) is 6.57. The summed E-state index contributed by atoms with van der Waals surface area (Å²) in [6.45, 7) is 5.26. The molecule has 3 aliphatic rings. The lowest BCUT2D eigenvalue weighted by molar-refractivity contribution is -0.162. The molecule has 3 fully saturated rings. The molecule has 0 radical (unpaired) electrons. The van der Waals surface area contributed by atoms with Gasteiger partial charge in [0.05, 0.1) is 5.69 Å². The molecule has 39 heavy (non-hydrogen) atoms. The Balaban J connectivity index is 0.00000210. The smallest absolute Gasteiger partial charge is 0.246 e. The maximum absolute atomic E-state index is 13.7. The molecule has 1 aromatic heterocycles. The van der Waals surface area contributed by atoms with Gasteiger partial charge in [0, 0.05) is 37.9 Å². The van der Waals surface area contributed by atoms with E-state index in [1.807, 2.05) is 29.3 Å². The predicted octanol–water partition coefficient (Wildman–Crippen LogP) is 6.02. The number of carbonyl (C=O) groups is 2. The van der Waals surface area contributed by atoms with Gasteiger partial charge in [-0.3, -0.25) is 19.5 Å². The van der Waals surface area contributed by atoms with Crippen molar-refractivity contribution >= 4 is 36.6 Å². The molecule has 2 aromatic rings. The summed E-state index contributed by atoms with van der Waals surface area (Å²) >= 11 is 0. The van der Waals surface area contributed by atoms with Gasteiger partial charge in [0.1, 0.15) is 11.6 Å². The lowest BCUT2D eigenvalue weighted by atomic mass is 9.79. The molecule has 0 unspecified atom stereocenters. The van der Waals surface area contributed by atoms with Gasteiger partial charge in [0.25, 0.3) is 0 Å². The molecule has 2 aliphatic heterocycles. The molecule has 1 aliphatic carbocycles. The summed E-state index contributed by atoms with van der Waals surface area (Å²) in [6, 6.07) is 14.1. The number of aromatic nitrogens is 1. The second-order valence-corrected chi connectivity index (χ2v) is 11.3. The van der Waals surface area contributed by atoms with E-state index in [2.05, 4.69) is 46.4 Å². The summed E-state index contributed by atoms with van der Waals surface area (Å²) in [5.41, 5.74) is 2.58. The zero-order valence-corrected chi connectivity index (χ0v) is 24.8. The predicted molar refractivity (Wildman–Crippen MR) is 161 cm³/mol. The van der Waals surface area contributed by atoms with Crippen LogP contribution in [0.2, 0.25) is 0 Å². The molecule has 0 bridgehead atoms. The van der Waals surface area contributed by atoms with Crippen molar-refractivity contribution in [2.45, 2.75) is 89.3 Å². The molecule has 1 aromatic carbocycles. The number of benzene rings is 1. The highest BCUT2D eigenvalue weighted by Crippen LogP contribution is 2.36. The Bertz CT molecular complexity index is 1050. The van der Waals surface area contributed by atoms with E-state index in [1.165, 1.54) is 37.7 Å². The second kappa shape index (κ2) is 14.5. The number of pyridine rings is 1. The molecular formula is C31H44Cl2N4O2. The van der Waals surface area contributed by atoms with E-state index in [1.54, 1.807) is 0 Å². The Morgan fingerprint density at radius 2 is 1.69 bits per heavy atom. The summed E-state index contributed by atoms with van der Waals surface area (Å²) in [5, 5.41) is 3.21. The van der Waals surface area contributed by atoms with Gasteiger partial charge in [-0.15, -0.1) is 24.8 Å². The average Bonchev–Trinajstić information content (AvgIpc) is 2.94. The van der Waals surface area contributed by atoms with Crippen LogP contribution in [-0.2, 0) is 16.1 Å². The molecule has 2 amide bonds. The van der Waals surface area contributed by atoms with Crippen molar-refractivity contribution in [3.63, 3.8) is 0 Å². The Labute approximate surface area is 246 Å². The number of nitrogens with zero attached hydrogens (tertiary/aromatic N) is 3. The third-order valence-electron chi connectivity index (χ3n) is 8.82. The van der Waals surface area contributed by atoms with E-state index in [9.17, 15) is 9.59 Å². The van der Waals surface area contributed by atoms with Crippen molar-refractivity contribution in [1.29, 1.82) is 0 Å². The Hall–Kier alpha value is -2.15. The standard InChI is InChI=1S/C31H42N4O2.2ClH/c1-2-3-18-35-29(36)28(21-24-10-6-4-7-11-24)33-30(37)31(35)16-19-34(20-17-31)23-25-14-15-27(32-22-25)26-12-8-5-9-13-26;;/h5,8-9,12-15,22,24,28H,2-4,6-7,10-11,16-21,23H2,1H3,(H,33,37);2*1H/t28-;;/m0../s1. The van der Waals surface area contributed by atoms with Gasteiger partial charge in [-0.05, 0) is 43.2 Å². The fourth-order valence-corrected chi connectivity index (χ4v) is 6.57. The Morgan fingerprint density at radius 3 is 2.33 bits per heavy atom. The summed E-state index contributed by atoms with van der Waals surface area (Å²) < 4.78 is 0. The number of amides is 2. The summed E-state index contributed by atoms with van der Waals surface area (Å²) in [7, 11) is 0. The van der Waals surface area contributed by atoms with Gasteiger partial charge in [0.2, 0.25) is 11.8 Å². The van der Waals surface area contributed by atoms with E-state index < -0.39 is 5.54 Å². The van der Waals surface area contributed by atoms with Crippen molar-refractivity contribution < 1.29 is 9.59 Å². The largest absolute Gasteiger partial charge is 0.342 e. The summed E-state index contributed by atoms with van der Waals surface area (Å²) in [6.07, 6.45) is 12.3. The van der Waals surface area contributed by atoms with Crippen molar-refractivity contribution in [2.24, 2.45) is 5.92 Å². The van der Waals surface area contributed by atoms with Crippen LogP contribution in [0.15, 0.2) is 48.7 Å². The lowest BCUT2D eigenvalue weighted by Gasteiger charge is -2.52. The van der Waals surface area contributed by atoms with Gasteiger partial charge in [-0.25, -0.2) is 0 Å². The Morgan fingerprint density at radius 1 is 0.974 bits per heavy atom. The summed E-state index contributed by atoms with van der Waals surface area (Å²) in [4.78, 5) is 36.5. The quantitative estimate of drug-likeness (QED) is 0.418. The van der Waals surface area contributed by atoms with Crippen LogP contribution in [0.1, 0.15) is 76.7 Å². The number of carbonyl (C=O) groups excluding carboxylic acids is 2. The highest BCUT2D eigenvalue weighted by atomic mass is 35.5. The maximum Gasteiger partial charge on any atom is 0.246 e. The van der Waals surface area contributed by atoms with Crippen LogP contribution in [-0.4, -0.2) is 57.8 Å². The number of piperidine rings is 1. The first-order chi connectivity index (χ1) is 18.1. The first-order valence-corrected chi connectivity index (χ1v) is 14.4. The maximum atomic E-state index is 13.7. The van der Waals surface area contributed by atoms with Gasteiger partial charge in [-0.2, -0.15) is 0 Å². The van der Waals surface area contributed by atoms with Crippen molar-refractivity contribution in [3.05, 3.63) is 54.2 Å². The van der Waals surface area contributed by atoms with Gasteiger partial charge < -0.3 is 10.2 Å². The van der Waals surface area contributed by atoms with E-state index in [4.69, 9.17) is 0 Å². The molecule has 5 rings (SSSR count). The second-order valence-electron chi connectivity index (χ2n) is 11.3. The number of hydrogen-bond acceptors (Lipinski definition) is 4. The minimum atomic E-state index is -0.693. The summed E-state index contributed by atoms with van der Waals surface area (Å²) in [5.74, 6) is 0.805. The first kappa shape index (κ1) is 31.4. The van der Waals surface area contributed by atoms with Crippen LogP contribution in [0, 0.1) is 5.92 Å². The van der Waals surface area contributed by atoms with Crippen LogP contribution >= 0.6 is 24.8 Å². The van der Waals surface area contributed by atoms with E-state index >= 15 is 0 Å². The highest BCUT2D eigenvalue weighted by Gasteiger charge is 2.53. The molecule has 214 valence electrons. The number of rotatable bonds is 8. The number of likely N-dealkylation sites (tertiary alicyclic amines) is 1. The number of hydrogen-bond donors (Lipinski definition) is 1. The molecule has 1 spiro atoms. The Kier molecular flexibility index (Phi) is 11.6. The zero-order valence-electron chi connectivity index (χ0n) is 23.1. The highest BCUT2D eigenvalue weighted by molar-refractivity contribution is 6.00. The lowest BCUT2D eigenvalue weighted by Crippen LogP contribution is -2.73. The number of nitrogens with one attached hydrogen (secondary N) is 1. The molecule has 1 atom stereocenters. The first-order valence-electron chi connectivity index (χ1n) is 14.4. The number of unbranched alkanes of at least 4 members (excludes halogenated alkanes) is 1. The number of piperazine rings is 1. The van der Waals surface area contributed by atoms with Crippen LogP contribution < -0.4 is 5.32 Å². The van der Waals surface area contributed by atoms with Gasteiger partial charge in [0.15, 0.2) is 0 Å². The van der Waals surface area contributed by atoms with E-state index in [-0.39, 0.29) is 42.7 Å². The van der Waals surface area contributed by atoms with E-state index in [0.29, 0.717) is 25.3 Å². The molecule has 8 heteroatoms. The van der Waals surface area contributed by atoms with E-state index in [0.717, 1.165) is 50.2 Å². The molecule has 1 N–H and O–H groups in total. The van der Waals surface area contributed by atoms with Gasteiger partial charge >= 0.3 is 0 Å². The van der Waals surface area contributed by atoms with Crippen molar-refractivity contribution in [1.82, 2.24) is 20.1 Å². The van der Waals surface area contributed by atoms with Crippen LogP contribution in [0.25, 0.3) is 11.3 Å². The minimum absolute atomic E-state index is 0. The fraction of sp³-hybridized carbons (Fsp3) is 0.581. The minimum Gasteiger partial charge on any atom is -0.342 e. The van der Waals surface area contributed by atoms with Crippen LogP contribution in [0.5, 0.6) is 0 Å². The molecule has 2 saturated heterocycles. The number of halogens is 2. The normalized spacial score (nSPS) is 21.7. The van der Waals surface area contributed by atoms with Crippen molar-refractivity contribution in [2.75, 3.05) is 19.6 Å². The SMILES string of the molecule is CCCCN1C(=O)[C@H](CC2CCCCC2)NC(=O)C12CCN(Cc1ccc(-c3ccccc3)nc1)CC2.Cl.Cl. The molecule has 1 saturated carbocycles. The molecular weight excluding hydrogens is 531 g/mol. The van der Waals surface area contributed by atoms with Gasteiger partial charge in [-0.1, -0.05) is 81.8 Å². The zero-order chi connectivity index (χ0) is 25.7. The molecule has 3 heterocycles. The van der Waals surface area contributed by atoms with Crippen molar-refractivity contribution in [3.8, 4) is 11.3 Å². The van der Waals surface area contributed by atoms with Crippen LogP contribution in [0.4, 0.5) is 0 Å². The third-order valence-corrected chi connectivity index (χ3v) is 8.82. The van der Waals surface area contributed by atoms with Crippen LogP contribution in [0.3, 0.4) is 0 Å².